The summed E-state index contributed by atoms with van der Waals surface area (Å²) in [6, 6.07) is 2.01. The monoisotopic (exact) mass is 195 g/mol. The molecule has 3 nitrogen and oxygen atoms in total. The van der Waals surface area contributed by atoms with Gasteiger partial charge in [-0.3, -0.25) is 0 Å². The van der Waals surface area contributed by atoms with Crippen molar-refractivity contribution in [3.8, 4) is 0 Å². The number of anilines is 1. The zero-order valence-electron chi connectivity index (χ0n) is 9.29. The lowest BCUT2D eigenvalue weighted by Gasteiger charge is -2.01. The molecule has 0 aliphatic rings. The van der Waals surface area contributed by atoms with E-state index in [-0.39, 0.29) is 0 Å². The van der Waals surface area contributed by atoms with Crippen LogP contribution in [-0.2, 0) is 13.0 Å². The predicted molar refractivity (Wildman–Crippen MR) is 60.2 cm³/mol. The minimum absolute atomic E-state index is 0.810. The van der Waals surface area contributed by atoms with Crippen molar-refractivity contribution in [2.75, 3.05) is 5.73 Å². The minimum atomic E-state index is 0.810. The molecule has 1 heterocycles. The highest BCUT2D eigenvalue weighted by Crippen LogP contribution is 2.10. The number of rotatable bonds is 6. The lowest BCUT2D eigenvalue weighted by molar-refractivity contribution is 0.570. The van der Waals surface area contributed by atoms with E-state index < -0.39 is 0 Å². The number of nitrogens with zero attached hydrogens (tertiary/aromatic N) is 2. The zero-order chi connectivity index (χ0) is 10.4. The molecule has 0 aliphatic carbocycles. The second kappa shape index (κ2) is 5.68. The van der Waals surface area contributed by atoms with Gasteiger partial charge in [0.15, 0.2) is 0 Å². The number of nitrogen functional groups attached to an aromatic ring is 1. The molecule has 3 heteroatoms. The standard InChI is InChI=1S/C11H21N3/c1-3-5-7-10-9-11(12)14(13-10)8-6-4-2/h9H,3-8,12H2,1-2H3. The summed E-state index contributed by atoms with van der Waals surface area (Å²) in [5.74, 6) is 0.810. The third-order valence-electron chi connectivity index (χ3n) is 2.37. The summed E-state index contributed by atoms with van der Waals surface area (Å²) in [6.45, 7) is 5.32. The molecule has 0 fully saturated rings. The van der Waals surface area contributed by atoms with Crippen LogP contribution in [0.3, 0.4) is 0 Å². The van der Waals surface area contributed by atoms with Crippen molar-refractivity contribution in [3.63, 3.8) is 0 Å². The largest absolute Gasteiger partial charge is 0.384 e. The molecule has 0 saturated heterocycles. The molecule has 0 spiro atoms. The average Bonchev–Trinajstić information content (AvgIpc) is 2.53. The Bertz CT molecular complexity index is 265. The first kappa shape index (κ1) is 11.1. The predicted octanol–water partition coefficient (Wildman–Crippen LogP) is 2.61. The van der Waals surface area contributed by atoms with Crippen LogP contribution in [0.4, 0.5) is 5.82 Å². The van der Waals surface area contributed by atoms with Gasteiger partial charge in [0.1, 0.15) is 5.82 Å². The van der Waals surface area contributed by atoms with E-state index in [1.165, 1.54) is 19.3 Å². The van der Waals surface area contributed by atoms with E-state index in [0.717, 1.165) is 30.9 Å². The maximum atomic E-state index is 5.85. The average molecular weight is 195 g/mol. The second-order valence-corrected chi connectivity index (χ2v) is 3.74. The van der Waals surface area contributed by atoms with Crippen molar-refractivity contribution in [1.29, 1.82) is 0 Å². The van der Waals surface area contributed by atoms with Crippen LogP contribution < -0.4 is 5.73 Å². The van der Waals surface area contributed by atoms with Crippen LogP contribution in [0, 0.1) is 0 Å². The first-order valence-electron chi connectivity index (χ1n) is 5.60. The smallest absolute Gasteiger partial charge is 0.121 e. The SMILES string of the molecule is CCCCc1cc(N)n(CCCC)n1. The fraction of sp³-hybridized carbons (Fsp3) is 0.727. The number of nitrogens with two attached hydrogens (primary N) is 1. The number of aromatic nitrogens is 2. The zero-order valence-corrected chi connectivity index (χ0v) is 9.29. The number of unbranched alkanes of at least 4 members (excludes halogenated alkanes) is 2. The van der Waals surface area contributed by atoms with Gasteiger partial charge in [-0.2, -0.15) is 5.10 Å². The van der Waals surface area contributed by atoms with E-state index in [9.17, 15) is 0 Å². The molecule has 0 atom stereocenters. The second-order valence-electron chi connectivity index (χ2n) is 3.74. The van der Waals surface area contributed by atoms with E-state index >= 15 is 0 Å². The fourth-order valence-corrected chi connectivity index (χ4v) is 1.45. The molecule has 1 aromatic heterocycles. The molecule has 14 heavy (non-hydrogen) atoms. The Hall–Kier alpha value is -0.990. The van der Waals surface area contributed by atoms with Gasteiger partial charge in [0.2, 0.25) is 0 Å². The molecule has 0 radical (unpaired) electrons. The molecule has 0 unspecified atom stereocenters. The summed E-state index contributed by atoms with van der Waals surface area (Å²) < 4.78 is 1.93. The van der Waals surface area contributed by atoms with E-state index in [1.54, 1.807) is 0 Å². The molecule has 0 bridgehead atoms. The summed E-state index contributed by atoms with van der Waals surface area (Å²) in [5, 5.41) is 4.48. The first-order valence-corrected chi connectivity index (χ1v) is 5.60. The topological polar surface area (TPSA) is 43.8 Å². The maximum absolute atomic E-state index is 5.85. The normalized spacial score (nSPS) is 10.7. The van der Waals surface area contributed by atoms with Crippen molar-refractivity contribution < 1.29 is 0 Å². The Kier molecular flexibility index (Phi) is 4.50. The van der Waals surface area contributed by atoms with Crippen LogP contribution in [0.5, 0.6) is 0 Å². The van der Waals surface area contributed by atoms with Crippen LogP contribution in [-0.4, -0.2) is 9.78 Å². The van der Waals surface area contributed by atoms with Crippen molar-refractivity contribution in [2.45, 2.75) is 52.5 Å². The molecule has 80 valence electrons. The number of hydrogen-bond acceptors (Lipinski definition) is 2. The fourth-order valence-electron chi connectivity index (χ4n) is 1.45. The van der Waals surface area contributed by atoms with Crippen LogP contribution in [0.15, 0.2) is 6.07 Å². The molecular weight excluding hydrogens is 174 g/mol. The quantitative estimate of drug-likeness (QED) is 0.758. The Balaban J connectivity index is 2.53. The Morgan fingerprint density at radius 1 is 1.29 bits per heavy atom. The minimum Gasteiger partial charge on any atom is -0.384 e. The summed E-state index contributed by atoms with van der Waals surface area (Å²) >= 11 is 0. The van der Waals surface area contributed by atoms with Crippen LogP contribution >= 0.6 is 0 Å². The number of aryl methyl sites for hydroxylation is 2. The van der Waals surface area contributed by atoms with Crippen LogP contribution in [0.25, 0.3) is 0 Å². The summed E-state index contributed by atoms with van der Waals surface area (Å²) in [6.07, 6.45) is 5.80. The van der Waals surface area contributed by atoms with Gasteiger partial charge in [0.25, 0.3) is 0 Å². The van der Waals surface area contributed by atoms with Crippen molar-refractivity contribution in [1.82, 2.24) is 9.78 Å². The third-order valence-corrected chi connectivity index (χ3v) is 2.37. The van der Waals surface area contributed by atoms with E-state index in [1.807, 2.05) is 10.7 Å². The molecule has 0 amide bonds. The Labute approximate surface area is 86.3 Å². The molecule has 0 aromatic carbocycles. The molecule has 1 rings (SSSR count). The summed E-state index contributed by atoms with van der Waals surface area (Å²) in [7, 11) is 0. The molecule has 0 saturated carbocycles. The lowest BCUT2D eigenvalue weighted by atomic mass is 10.2. The van der Waals surface area contributed by atoms with Gasteiger partial charge >= 0.3 is 0 Å². The number of hydrogen-bond donors (Lipinski definition) is 1. The molecule has 2 N–H and O–H groups in total. The van der Waals surface area contributed by atoms with Gasteiger partial charge < -0.3 is 5.73 Å². The van der Waals surface area contributed by atoms with Crippen molar-refractivity contribution in [2.24, 2.45) is 0 Å². The van der Waals surface area contributed by atoms with Gasteiger partial charge in [-0.15, -0.1) is 0 Å². The highest BCUT2D eigenvalue weighted by Gasteiger charge is 2.03. The van der Waals surface area contributed by atoms with Crippen LogP contribution in [0.2, 0.25) is 0 Å². The van der Waals surface area contributed by atoms with E-state index in [4.69, 9.17) is 5.73 Å². The van der Waals surface area contributed by atoms with Gasteiger partial charge in [-0.25, -0.2) is 4.68 Å². The van der Waals surface area contributed by atoms with Crippen LogP contribution in [0.1, 0.15) is 45.2 Å². The lowest BCUT2D eigenvalue weighted by Crippen LogP contribution is -2.04. The third kappa shape index (κ3) is 3.05. The highest BCUT2D eigenvalue weighted by molar-refractivity contribution is 5.30. The van der Waals surface area contributed by atoms with Gasteiger partial charge in [-0.05, 0) is 19.3 Å². The molecule has 0 aliphatic heterocycles. The molecule has 1 aromatic rings. The Morgan fingerprint density at radius 3 is 2.64 bits per heavy atom. The van der Waals surface area contributed by atoms with E-state index in [0.29, 0.717) is 0 Å². The summed E-state index contributed by atoms with van der Waals surface area (Å²) in [5.41, 5.74) is 6.99. The highest BCUT2D eigenvalue weighted by atomic mass is 15.3. The van der Waals surface area contributed by atoms with Crippen molar-refractivity contribution in [3.05, 3.63) is 11.8 Å². The van der Waals surface area contributed by atoms with Gasteiger partial charge in [0, 0.05) is 12.6 Å². The van der Waals surface area contributed by atoms with Gasteiger partial charge in [0.05, 0.1) is 5.69 Å². The summed E-state index contributed by atoms with van der Waals surface area (Å²) in [4.78, 5) is 0. The first-order chi connectivity index (χ1) is 6.77. The van der Waals surface area contributed by atoms with Gasteiger partial charge in [-0.1, -0.05) is 26.7 Å². The maximum Gasteiger partial charge on any atom is 0.121 e. The van der Waals surface area contributed by atoms with E-state index in [2.05, 4.69) is 18.9 Å². The Morgan fingerprint density at radius 2 is 2.00 bits per heavy atom. The van der Waals surface area contributed by atoms with Crippen molar-refractivity contribution >= 4 is 5.82 Å². The molecular formula is C11H21N3.